The number of hydrogen-bond donors (Lipinski definition) is 1. The molecule has 3 rings (SSSR count). The molecule has 1 aromatic carbocycles. The van der Waals surface area contributed by atoms with Crippen LogP contribution in [0.25, 0.3) is 11.1 Å². The Balaban J connectivity index is 1.75. The maximum absolute atomic E-state index is 11.3. The molecular formula is C14H18N2O2S. The average Bonchev–Trinajstić information content (AvgIpc) is 2.83. The summed E-state index contributed by atoms with van der Waals surface area (Å²) in [4.78, 5) is 4.44. The molecule has 1 N–H and O–H groups in total. The van der Waals surface area contributed by atoms with E-state index in [0.29, 0.717) is 6.04 Å². The fourth-order valence-electron chi connectivity index (χ4n) is 2.39. The van der Waals surface area contributed by atoms with Crippen molar-refractivity contribution in [2.75, 3.05) is 16.8 Å². The summed E-state index contributed by atoms with van der Waals surface area (Å²) in [5.74, 6) is 2.40. The maximum Gasteiger partial charge on any atom is 0.195 e. The standard InChI is InChI=1S/C14H18N2O2S/c1-2-14-16-12-9-11(3-4-13(12)18-14)15-10-5-7-19(17)8-6-10/h3-4,9-10,15H,2,5-8H2,1H3. The predicted octanol–water partition coefficient (Wildman–Crippen LogP) is 2.71. The van der Waals surface area contributed by atoms with Gasteiger partial charge in [-0.15, -0.1) is 0 Å². The molecular weight excluding hydrogens is 260 g/mol. The van der Waals surface area contributed by atoms with Gasteiger partial charge in [0.2, 0.25) is 0 Å². The van der Waals surface area contributed by atoms with Gasteiger partial charge in [0.25, 0.3) is 0 Å². The summed E-state index contributed by atoms with van der Waals surface area (Å²) in [7, 11) is -0.606. The van der Waals surface area contributed by atoms with Gasteiger partial charge in [-0.05, 0) is 31.0 Å². The van der Waals surface area contributed by atoms with Crippen LogP contribution in [-0.2, 0) is 17.2 Å². The molecule has 0 aliphatic carbocycles. The summed E-state index contributed by atoms with van der Waals surface area (Å²) in [5, 5.41) is 3.50. The normalized spacial score (nSPS) is 23.6. The Bertz CT molecular complexity index is 599. The zero-order valence-electron chi connectivity index (χ0n) is 11.0. The molecule has 0 spiro atoms. The van der Waals surface area contributed by atoms with Gasteiger partial charge >= 0.3 is 0 Å². The quantitative estimate of drug-likeness (QED) is 0.938. The van der Waals surface area contributed by atoms with Gasteiger partial charge in [-0.2, -0.15) is 0 Å². The Hall–Kier alpha value is -1.36. The van der Waals surface area contributed by atoms with E-state index in [1.54, 1.807) is 0 Å². The van der Waals surface area contributed by atoms with Crippen molar-refractivity contribution < 1.29 is 8.63 Å². The number of nitrogens with zero attached hydrogens (tertiary/aromatic N) is 1. The van der Waals surface area contributed by atoms with Gasteiger partial charge in [0.05, 0.1) is 0 Å². The molecule has 2 heterocycles. The van der Waals surface area contributed by atoms with E-state index in [4.69, 9.17) is 4.42 Å². The van der Waals surface area contributed by atoms with Crippen LogP contribution in [0.2, 0.25) is 0 Å². The predicted molar refractivity (Wildman–Crippen MR) is 77.9 cm³/mol. The van der Waals surface area contributed by atoms with Crippen LogP contribution in [0.15, 0.2) is 22.6 Å². The fraction of sp³-hybridized carbons (Fsp3) is 0.500. The van der Waals surface area contributed by atoms with E-state index < -0.39 is 10.8 Å². The molecule has 1 aliphatic heterocycles. The molecule has 1 aliphatic rings. The van der Waals surface area contributed by atoms with Crippen LogP contribution in [0.4, 0.5) is 5.69 Å². The first-order chi connectivity index (χ1) is 9.24. The highest BCUT2D eigenvalue weighted by Gasteiger charge is 2.17. The van der Waals surface area contributed by atoms with Gasteiger partial charge in [0.15, 0.2) is 11.5 Å². The van der Waals surface area contributed by atoms with E-state index >= 15 is 0 Å². The van der Waals surface area contributed by atoms with Crippen molar-refractivity contribution in [1.29, 1.82) is 0 Å². The second-order valence-corrected chi connectivity index (χ2v) is 6.61. The summed E-state index contributed by atoms with van der Waals surface area (Å²) < 4.78 is 16.9. The Morgan fingerprint density at radius 3 is 2.95 bits per heavy atom. The lowest BCUT2D eigenvalue weighted by atomic mass is 10.1. The highest BCUT2D eigenvalue weighted by molar-refractivity contribution is 7.85. The first-order valence-electron chi connectivity index (χ1n) is 6.75. The molecule has 1 saturated heterocycles. The molecule has 0 atom stereocenters. The number of anilines is 1. The van der Waals surface area contributed by atoms with Crippen LogP contribution in [0.3, 0.4) is 0 Å². The molecule has 0 saturated carbocycles. The van der Waals surface area contributed by atoms with Crippen LogP contribution < -0.4 is 5.32 Å². The van der Waals surface area contributed by atoms with Crippen molar-refractivity contribution in [3.63, 3.8) is 0 Å². The van der Waals surface area contributed by atoms with Crippen LogP contribution >= 0.6 is 0 Å². The van der Waals surface area contributed by atoms with Gasteiger partial charge in [-0.3, -0.25) is 4.21 Å². The first kappa shape index (κ1) is 12.7. The molecule has 0 unspecified atom stereocenters. The van der Waals surface area contributed by atoms with Crippen molar-refractivity contribution >= 4 is 27.6 Å². The minimum absolute atomic E-state index is 0.424. The van der Waals surface area contributed by atoms with Crippen molar-refractivity contribution in [3.05, 3.63) is 24.1 Å². The molecule has 2 aromatic rings. The number of benzene rings is 1. The molecule has 1 fully saturated rings. The Morgan fingerprint density at radius 1 is 1.42 bits per heavy atom. The van der Waals surface area contributed by atoms with E-state index in [1.165, 1.54) is 0 Å². The molecule has 0 radical (unpaired) electrons. The van der Waals surface area contributed by atoms with Crippen LogP contribution in [-0.4, -0.2) is 26.7 Å². The van der Waals surface area contributed by atoms with Crippen LogP contribution in [0, 0.1) is 0 Å². The van der Waals surface area contributed by atoms with Crippen molar-refractivity contribution in [3.8, 4) is 0 Å². The zero-order valence-corrected chi connectivity index (χ0v) is 11.8. The van der Waals surface area contributed by atoms with E-state index in [1.807, 2.05) is 25.1 Å². The Kier molecular flexibility index (Phi) is 3.55. The van der Waals surface area contributed by atoms with E-state index in [-0.39, 0.29) is 0 Å². The molecule has 1 aromatic heterocycles. The number of nitrogens with one attached hydrogen (secondary N) is 1. The third-order valence-electron chi connectivity index (χ3n) is 3.49. The summed E-state index contributed by atoms with van der Waals surface area (Å²) in [5.41, 5.74) is 2.81. The number of oxazole rings is 1. The van der Waals surface area contributed by atoms with E-state index in [9.17, 15) is 4.21 Å². The number of aryl methyl sites for hydroxylation is 1. The van der Waals surface area contributed by atoms with Crippen molar-refractivity contribution in [1.82, 2.24) is 4.98 Å². The summed E-state index contributed by atoms with van der Waals surface area (Å²) in [6.07, 6.45) is 2.76. The largest absolute Gasteiger partial charge is 0.441 e. The van der Waals surface area contributed by atoms with Gasteiger partial charge in [0.1, 0.15) is 5.52 Å². The van der Waals surface area contributed by atoms with E-state index in [0.717, 1.165) is 53.4 Å². The molecule has 0 bridgehead atoms. The summed E-state index contributed by atoms with van der Waals surface area (Å²) >= 11 is 0. The van der Waals surface area contributed by atoms with Gasteiger partial charge in [-0.25, -0.2) is 4.98 Å². The lowest BCUT2D eigenvalue weighted by Crippen LogP contribution is -2.29. The highest BCUT2D eigenvalue weighted by atomic mass is 32.2. The van der Waals surface area contributed by atoms with Crippen LogP contribution in [0.1, 0.15) is 25.7 Å². The third kappa shape index (κ3) is 2.81. The van der Waals surface area contributed by atoms with Gasteiger partial charge in [-0.1, -0.05) is 6.92 Å². The number of rotatable bonds is 3. The highest BCUT2D eigenvalue weighted by Crippen LogP contribution is 2.22. The second-order valence-electron chi connectivity index (χ2n) is 4.91. The zero-order chi connectivity index (χ0) is 13.2. The Labute approximate surface area is 115 Å². The van der Waals surface area contributed by atoms with Crippen molar-refractivity contribution in [2.45, 2.75) is 32.2 Å². The summed E-state index contributed by atoms with van der Waals surface area (Å²) in [6.45, 7) is 2.03. The molecule has 5 heteroatoms. The lowest BCUT2D eigenvalue weighted by molar-refractivity contribution is 0.538. The fourth-order valence-corrected chi connectivity index (χ4v) is 3.69. The van der Waals surface area contributed by atoms with Crippen molar-refractivity contribution in [2.24, 2.45) is 0 Å². The maximum atomic E-state index is 11.3. The number of hydrogen-bond acceptors (Lipinski definition) is 4. The molecule has 19 heavy (non-hydrogen) atoms. The molecule has 102 valence electrons. The van der Waals surface area contributed by atoms with Gasteiger partial charge in [0, 0.05) is 40.5 Å². The molecule has 0 amide bonds. The Morgan fingerprint density at radius 2 is 2.21 bits per heavy atom. The monoisotopic (exact) mass is 278 g/mol. The number of fused-ring (bicyclic) bond motifs is 1. The smallest absolute Gasteiger partial charge is 0.195 e. The lowest BCUT2D eigenvalue weighted by Gasteiger charge is -2.23. The van der Waals surface area contributed by atoms with Crippen LogP contribution in [0.5, 0.6) is 0 Å². The second kappa shape index (κ2) is 5.33. The third-order valence-corrected chi connectivity index (χ3v) is 4.88. The first-order valence-corrected chi connectivity index (χ1v) is 8.24. The minimum atomic E-state index is -0.606. The molecule has 4 nitrogen and oxygen atoms in total. The topological polar surface area (TPSA) is 55.1 Å². The SMILES string of the molecule is CCc1nc2cc(NC3CCS(=O)CC3)ccc2o1. The minimum Gasteiger partial charge on any atom is -0.441 e. The average molecular weight is 278 g/mol. The number of aromatic nitrogens is 1. The van der Waals surface area contributed by atoms with E-state index in [2.05, 4.69) is 10.3 Å². The summed E-state index contributed by atoms with van der Waals surface area (Å²) in [6, 6.07) is 6.44. The van der Waals surface area contributed by atoms with Gasteiger partial charge < -0.3 is 9.73 Å².